The molecule has 0 radical (unpaired) electrons. The molecule has 0 spiro atoms. The van der Waals surface area contributed by atoms with Gasteiger partial charge in [0.2, 0.25) is 0 Å². The Morgan fingerprint density at radius 2 is 1.71 bits per heavy atom. The fourth-order valence-electron chi connectivity index (χ4n) is 3.22. The Morgan fingerprint density at radius 1 is 0.968 bits per heavy atom. The number of para-hydroxylation sites is 1. The Balaban J connectivity index is 1.81. The summed E-state index contributed by atoms with van der Waals surface area (Å²) in [6, 6.07) is 18.5. The summed E-state index contributed by atoms with van der Waals surface area (Å²) in [6.07, 6.45) is 1.41. The van der Waals surface area contributed by atoms with Crippen molar-refractivity contribution in [2.45, 2.75) is 32.3 Å². The second-order valence-corrected chi connectivity index (χ2v) is 8.91. The molecule has 7 heteroatoms. The smallest absolute Gasteiger partial charge is 0.276 e. The minimum atomic E-state index is -3.79. The topological polar surface area (TPSA) is 77.0 Å². The molecule has 0 aliphatic rings. The summed E-state index contributed by atoms with van der Waals surface area (Å²) in [4.78, 5) is 2.47. The van der Waals surface area contributed by atoms with Crippen molar-refractivity contribution in [3.05, 3.63) is 88.5 Å². The quantitative estimate of drug-likeness (QED) is 0.415. The summed E-state index contributed by atoms with van der Waals surface area (Å²) in [7, 11) is -2.23. The molecule has 0 unspecified atom stereocenters. The van der Waals surface area contributed by atoms with Gasteiger partial charge in [-0.15, -0.1) is 0 Å². The third kappa shape index (κ3) is 5.64. The van der Waals surface area contributed by atoms with Gasteiger partial charge in [-0.05, 0) is 50.1 Å². The van der Waals surface area contributed by atoms with Crippen LogP contribution in [0.15, 0.2) is 70.7 Å². The van der Waals surface area contributed by atoms with E-state index in [-0.39, 0.29) is 4.90 Å². The minimum Gasteiger partial charge on any atom is -0.493 e. The molecule has 1 N–H and O–H groups in total. The molecule has 0 aromatic heterocycles. The van der Waals surface area contributed by atoms with Gasteiger partial charge in [-0.1, -0.05) is 53.6 Å². The fraction of sp³-hybridized carbons (Fsp3) is 0.208. The Labute approximate surface area is 183 Å². The number of aryl methyl sites for hydroxylation is 3. The third-order valence-corrected chi connectivity index (χ3v) is 6.07. The number of benzene rings is 3. The second-order valence-electron chi connectivity index (χ2n) is 7.28. The average Bonchev–Trinajstić information content (AvgIpc) is 2.72. The molecule has 0 atom stereocenters. The monoisotopic (exact) mass is 438 g/mol. The molecule has 6 nitrogen and oxygen atoms in total. The number of nitrogens with one attached hydrogen (secondary N) is 1. The molecule has 162 valence electrons. The molecule has 31 heavy (non-hydrogen) atoms. The van der Waals surface area contributed by atoms with Crippen molar-refractivity contribution in [1.82, 2.24) is 4.83 Å². The second kappa shape index (κ2) is 9.66. The lowest BCUT2D eigenvalue weighted by Gasteiger charge is -2.13. The SMILES string of the molecule is COc1cccc(/C=N/NS(=O)(=O)c2ccc(C)cc2C)c1OCc1cccc(C)c1. The van der Waals surface area contributed by atoms with Gasteiger partial charge in [0, 0.05) is 5.56 Å². The lowest BCUT2D eigenvalue weighted by molar-refractivity contribution is 0.284. The summed E-state index contributed by atoms with van der Waals surface area (Å²) in [6.45, 7) is 6.03. The van der Waals surface area contributed by atoms with Crippen LogP contribution in [-0.2, 0) is 16.6 Å². The first-order valence-corrected chi connectivity index (χ1v) is 11.3. The molecule has 0 saturated heterocycles. The Bertz CT molecular complexity index is 1200. The highest BCUT2D eigenvalue weighted by atomic mass is 32.2. The van der Waals surface area contributed by atoms with Gasteiger partial charge in [-0.25, -0.2) is 4.83 Å². The maximum atomic E-state index is 12.6. The number of nitrogens with zero attached hydrogens (tertiary/aromatic N) is 1. The van der Waals surface area contributed by atoms with E-state index in [2.05, 4.69) is 9.93 Å². The van der Waals surface area contributed by atoms with E-state index >= 15 is 0 Å². The lowest BCUT2D eigenvalue weighted by atomic mass is 10.1. The van der Waals surface area contributed by atoms with Crippen molar-refractivity contribution in [3.8, 4) is 11.5 Å². The first-order valence-electron chi connectivity index (χ1n) is 9.77. The molecule has 0 aliphatic carbocycles. The van der Waals surface area contributed by atoms with E-state index in [1.165, 1.54) is 6.21 Å². The summed E-state index contributed by atoms with van der Waals surface area (Å²) < 4.78 is 36.7. The minimum absolute atomic E-state index is 0.191. The first-order chi connectivity index (χ1) is 14.8. The van der Waals surface area contributed by atoms with Gasteiger partial charge in [0.15, 0.2) is 11.5 Å². The fourth-order valence-corrected chi connectivity index (χ4v) is 4.24. The number of sulfonamides is 1. The van der Waals surface area contributed by atoms with Gasteiger partial charge in [0.25, 0.3) is 10.0 Å². The van der Waals surface area contributed by atoms with Crippen LogP contribution in [0.5, 0.6) is 11.5 Å². The van der Waals surface area contributed by atoms with Crippen LogP contribution < -0.4 is 14.3 Å². The van der Waals surface area contributed by atoms with Gasteiger partial charge in [-0.2, -0.15) is 13.5 Å². The van der Waals surface area contributed by atoms with Gasteiger partial charge < -0.3 is 9.47 Å². The molecule has 0 amide bonds. The molecule has 3 aromatic rings. The summed E-state index contributed by atoms with van der Waals surface area (Å²) in [5.41, 5.74) is 4.40. The maximum absolute atomic E-state index is 12.6. The molecule has 3 rings (SSSR count). The normalized spacial score (nSPS) is 11.5. The molecular weight excluding hydrogens is 412 g/mol. The van der Waals surface area contributed by atoms with Crippen LogP contribution in [0.4, 0.5) is 0 Å². The molecule has 0 heterocycles. The predicted molar refractivity (Wildman–Crippen MR) is 122 cm³/mol. The number of ether oxygens (including phenoxy) is 2. The van der Waals surface area contributed by atoms with Crippen LogP contribution in [0.1, 0.15) is 27.8 Å². The van der Waals surface area contributed by atoms with Crippen molar-refractivity contribution in [2.24, 2.45) is 5.10 Å². The van der Waals surface area contributed by atoms with Crippen LogP contribution in [0.3, 0.4) is 0 Å². The average molecular weight is 439 g/mol. The van der Waals surface area contributed by atoms with Crippen molar-refractivity contribution in [1.29, 1.82) is 0 Å². The molecule has 0 bridgehead atoms. The number of hydrogen-bond acceptors (Lipinski definition) is 5. The van der Waals surface area contributed by atoms with E-state index in [0.29, 0.717) is 29.2 Å². The van der Waals surface area contributed by atoms with Crippen molar-refractivity contribution in [2.75, 3.05) is 7.11 Å². The third-order valence-electron chi connectivity index (χ3n) is 4.69. The van der Waals surface area contributed by atoms with E-state index < -0.39 is 10.0 Å². The van der Waals surface area contributed by atoms with Crippen LogP contribution in [0.25, 0.3) is 0 Å². The molecular formula is C24H26N2O4S. The highest BCUT2D eigenvalue weighted by Gasteiger charge is 2.16. The number of hydrazone groups is 1. The van der Waals surface area contributed by atoms with Gasteiger partial charge in [0.05, 0.1) is 18.2 Å². The zero-order valence-corrected chi connectivity index (χ0v) is 18.9. The Morgan fingerprint density at radius 3 is 2.42 bits per heavy atom. The predicted octanol–water partition coefficient (Wildman–Crippen LogP) is 4.51. The van der Waals surface area contributed by atoms with Crippen molar-refractivity contribution < 1.29 is 17.9 Å². The zero-order valence-electron chi connectivity index (χ0n) is 18.0. The van der Waals surface area contributed by atoms with Crippen molar-refractivity contribution in [3.63, 3.8) is 0 Å². The Kier molecular flexibility index (Phi) is 6.97. The molecule has 0 aliphatic heterocycles. The number of methoxy groups -OCH3 is 1. The van der Waals surface area contributed by atoms with Gasteiger partial charge in [-0.3, -0.25) is 0 Å². The van der Waals surface area contributed by atoms with Crippen LogP contribution in [0.2, 0.25) is 0 Å². The molecule has 3 aromatic carbocycles. The maximum Gasteiger partial charge on any atom is 0.276 e. The van der Waals surface area contributed by atoms with E-state index in [9.17, 15) is 8.42 Å². The van der Waals surface area contributed by atoms with E-state index in [0.717, 1.165) is 16.7 Å². The van der Waals surface area contributed by atoms with Crippen LogP contribution in [-0.4, -0.2) is 21.7 Å². The summed E-state index contributed by atoms with van der Waals surface area (Å²) in [5.74, 6) is 1.02. The number of rotatable bonds is 8. The summed E-state index contributed by atoms with van der Waals surface area (Å²) >= 11 is 0. The Hall–Kier alpha value is -3.32. The first kappa shape index (κ1) is 22.4. The van der Waals surface area contributed by atoms with Crippen LogP contribution in [0, 0.1) is 20.8 Å². The largest absolute Gasteiger partial charge is 0.493 e. The van der Waals surface area contributed by atoms with Crippen molar-refractivity contribution >= 4 is 16.2 Å². The molecule has 0 saturated carbocycles. The highest BCUT2D eigenvalue weighted by Crippen LogP contribution is 2.31. The van der Waals surface area contributed by atoms with Crippen LogP contribution >= 0.6 is 0 Å². The van der Waals surface area contributed by atoms with Gasteiger partial charge in [0.1, 0.15) is 6.61 Å². The van der Waals surface area contributed by atoms with E-state index in [1.54, 1.807) is 44.4 Å². The zero-order chi connectivity index (χ0) is 22.4. The standard InChI is InChI=1S/C24H26N2O4S/c1-17-7-5-8-20(14-17)16-30-24-21(9-6-10-22(24)29-4)15-25-26-31(27,28)23-12-11-18(2)13-19(23)3/h5-15,26H,16H2,1-4H3/b25-15+. The van der Waals surface area contributed by atoms with E-state index in [1.807, 2.05) is 44.2 Å². The number of hydrogen-bond donors (Lipinski definition) is 1. The van der Waals surface area contributed by atoms with Gasteiger partial charge >= 0.3 is 0 Å². The van der Waals surface area contributed by atoms with E-state index in [4.69, 9.17) is 9.47 Å². The lowest BCUT2D eigenvalue weighted by Crippen LogP contribution is -2.19. The summed E-state index contributed by atoms with van der Waals surface area (Å²) in [5, 5.41) is 3.96. The molecule has 0 fully saturated rings. The highest BCUT2D eigenvalue weighted by molar-refractivity contribution is 7.89.